The average Bonchev–Trinajstić information content (AvgIpc) is 2.35. The summed E-state index contributed by atoms with van der Waals surface area (Å²) in [7, 11) is 0. The molecule has 2 N–H and O–H groups in total. The Bertz CT molecular complexity index is 388. The van der Waals surface area contributed by atoms with Gasteiger partial charge in [0.1, 0.15) is 17.5 Å². The summed E-state index contributed by atoms with van der Waals surface area (Å²) < 4.78 is 0. The molecule has 0 radical (unpaired) electrons. The number of nitrogens with zero attached hydrogens (tertiary/aromatic N) is 2. The van der Waals surface area contributed by atoms with Crippen LogP contribution in [0.5, 0.6) is 0 Å². The SMILES string of the molecule is CCCNc1cc(NC(C)(C)CCC)nc(CC)n1. The second-order valence-corrected chi connectivity index (χ2v) is 5.59. The van der Waals surface area contributed by atoms with E-state index in [0.717, 1.165) is 49.7 Å². The van der Waals surface area contributed by atoms with Gasteiger partial charge in [0, 0.05) is 24.6 Å². The van der Waals surface area contributed by atoms with Crippen LogP contribution in [0.25, 0.3) is 0 Å². The molecule has 1 aromatic heterocycles. The molecule has 0 saturated carbocycles. The Hall–Kier alpha value is -1.32. The van der Waals surface area contributed by atoms with E-state index in [1.807, 2.05) is 6.07 Å². The fourth-order valence-electron chi connectivity index (χ4n) is 2.10. The smallest absolute Gasteiger partial charge is 0.132 e. The summed E-state index contributed by atoms with van der Waals surface area (Å²) in [6.07, 6.45) is 4.23. The van der Waals surface area contributed by atoms with Gasteiger partial charge in [-0.2, -0.15) is 0 Å². The Balaban J connectivity index is 2.87. The number of hydrogen-bond acceptors (Lipinski definition) is 4. The van der Waals surface area contributed by atoms with E-state index in [1.165, 1.54) is 0 Å². The van der Waals surface area contributed by atoms with Crippen molar-refractivity contribution in [1.29, 1.82) is 0 Å². The zero-order valence-corrected chi connectivity index (χ0v) is 13.0. The van der Waals surface area contributed by atoms with Crippen LogP contribution in [-0.2, 0) is 6.42 Å². The minimum absolute atomic E-state index is 0.0656. The van der Waals surface area contributed by atoms with Crippen molar-refractivity contribution in [3.8, 4) is 0 Å². The van der Waals surface area contributed by atoms with Crippen LogP contribution in [0.1, 0.15) is 59.7 Å². The first-order chi connectivity index (χ1) is 9.00. The van der Waals surface area contributed by atoms with E-state index in [0.29, 0.717) is 0 Å². The van der Waals surface area contributed by atoms with E-state index in [-0.39, 0.29) is 5.54 Å². The largest absolute Gasteiger partial charge is 0.370 e. The molecule has 108 valence electrons. The molecule has 0 saturated heterocycles. The Morgan fingerprint density at radius 1 is 1.05 bits per heavy atom. The molecule has 4 heteroatoms. The van der Waals surface area contributed by atoms with Gasteiger partial charge in [-0.3, -0.25) is 0 Å². The molecule has 0 amide bonds. The Morgan fingerprint density at radius 2 is 1.74 bits per heavy atom. The first-order valence-electron chi connectivity index (χ1n) is 7.40. The lowest BCUT2D eigenvalue weighted by molar-refractivity contribution is 0.508. The lowest BCUT2D eigenvalue weighted by Gasteiger charge is -2.26. The third-order valence-corrected chi connectivity index (χ3v) is 2.99. The van der Waals surface area contributed by atoms with E-state index in [1.54, 1.807) is 0 Å². The molecule has 1 aromatic rings. The number of nitrogens with one attached hydrogen (secondary N) is 2. The van der Waals surface area contributed by atoms with Crippen LogP contribution >= 0.6 is 0 Å². The highest BCUT2D eigenvalue weighted by Crippen LogP contribution is 2.20. The molecular formula is C15H28N4. The lowest BCUT2D eigenvalue weighted by atomic mass is 9.99. The summed E-state index contributed by atoms with van der Waals surface area (Å²) in [6.45, 7) is 11.8. The molecule has 4 nitrogen and oxygen atoms in total. The molecule has 0 aliphatic rings. The van der Waals surface area contributed by atoms with E-state index < -0.39 is 0 Å². The second kappa shape index (κ2) is 7.31. The third kappa shape index (κ3) is 5.45. The molecule has 0 atom stereocenters. The van der Waals surface area contributed by atoms with Crippen LogP contribution in [0.2, 0.25) is 0 Å². The van der Waals surface area contributed by atoms with Gasteiger partial charge in [0.2, 0.25) is 0 Å². The Labute approximate surface area is 117 Å². The first-order valence-corrected chi connectivity index (χ1v) is 7.40. The van der Waals surface area contributed by atoms with Gasteiger partial charge >= 0.3 is 0 Å². The van der Waals surface area contributed by atoms with Crippen molar-refractivity contribution >= 4 is 11.6 Å². The minimum Gasteiger partial charge on any atom is -0.370 e. The monoisotopic (exact) mass is 264 g/mol. The highest BCUT2D eigenvalue weighted by Gasteiger charge is 2.17. The predicted octanol–water partition coefficient (Wildman–Crippen LogP) is 3.85. The summed E-state index contributed by atoms with van der Waals surface area (Å²) in [5, 5.41) is 6.86. The van der Waals surface area contributed by atoms with Gasteiger partial charge in [0.05, 0.1) is 0 Å². The van der Waals surface area contributed by atoms with Crippen molar-refractivity contribution in [3.05, 3.63) is 11.9 Å². The fourth-order valence-corrected chi connectivity index (χ4v) is 2.10. The summed E-state index contributed by atoms with van der Waals surface area (Å²) in [5.41, 5.74) is 0.0656. The highest BCUT2D eigenvalue weighted by molar-refractivity contribution is 5.48. The van der Waals surface area contributed by atoms with Crippen LogP contribution in [0.15, 0.2) is 6.07 Å². The summed E-state index contributed by atoms with van der Waals surface area (Å²) in [5.74, 6) is 2.73. The number of aryl methyl sites for hydroxylation is 1. The van der Waals surface area contributed by atoms with Crippen molar-refractivity contribution in [1.82, 2.24) is 9.97 Å². The molecule has 0 spiro atoms. The Morgan fingerprint density at radius 3 is 2.32 bits per heavy atom. The van der Waals surface area contributed by atoms with E-state index in [9.17, 15) is 0 Å². The number of aromatic nitrogens is 2. The molecule has 0 aromatic carbocycles. The topological polar surface area (TPSA) is 49.8 Å². The maximum atomic E-state index is 4.57. The predicted molar refractivity (Wildman–Crippen MR) is 82.8 cm³/mol. The van der Waals surface area contributed by atoms with Gasteiger partial charge in [-0.05, 0) is 26.7 Å². The summed E-state index contributed by atoms with van der Waals surface area (Å²) >= 11 is 0. The minimum atomic E-state index is 0.0656. The van der Waals surface area contributed by atoms with E-state index in [4.69, 9.17) is 0 Å². The second-order valence-electron chi connectivity index (χ2n) is 5.59. The Kier molecular flexibility index (Phi) is 6.06. The van der Waals surface area contributed by atoms with Gasteiger partial charge < -0.3 is 10.6 Å². The fraction of sp³-hybridized carbons (Fsp3) is 0.733. The molecule has 0 unspecified atom stereocenters. The van der Waals surface area contributed by atoms with Crippen LogP contribution < -0.4 is 10.6 Å². The van der Waals surface area contributed by atoms with Gasteiger partial charge in [-0.25, -0.2) is 9.97 Å². The molecule has 1 heterocycles. The number of anilines is 2. The molecule has 0 aliphatic carbocycles. The van der Waals surface area contributed by atoms with Gasteiger partial charge in [-0.1, -0.05) is 27.2 Å². The molecule has 19 heavy (non-hydrogen) atoms. The van der Waals surface area contributed by atoms with Crippen LogP contribution in [0, 0.1) is 0 Å². The van der Waals surface area contributed by atoms with Crippen LogP contribution in [-0.4, -0.2) is 22.1 Å². The van der Waals surface area contributed by atoms with Gasteiger partial charge in [0.15, 0.2) is 0 Å². The van der Waals surface area contributed by atoms with Gasteiger partial charge in [0.25, 0.3) is 0 Å². The average molecular weight is 264 g/mol. The van der Waals surface area contributed by atoms with E-state index in [2.05, 4.69) is 55.2 Å². The summed E-state index contributed by atoms with van der Waals surface area (Å²) in [6, 6.07) is 2.01. The van der Waals surface area contributed by atoms with Crippen molar-refractivity contribution in [2.75, 3.05) is 17.2 Å². The molecule has 1 rings (SSSR count). The van der Waals surface area contributed by atoms with Gasteiger partial charge in [-0.15, -0.1) is 0 Å². The first kappa shape index (κ1) is 15.7. The van der Waals surface area contributed by atoms with Crippen molar-refractivity contribution < 1.29 is 0 Å². The zero-order chi connectivity index (χ0) is 14.3. The van der Waals surface area contributed by atoms with E-state index >= 15 is 0 Å². The van der Waals surface area contributed by atoms with Crippen LogP contribution in [0.3, 0.4) is 0 Å². The standard InChI is InChI=1S/C15H28N4/c1-6-9-15(4,5)19-14-11-13(16-10-7-2)17-12(8-3)18-14/h11H,6-10H2,1-5H3,(H2,16,17,18,19). The zero-order valence-electron chi connectivity index (χ0n) is 13.0. The highest BCUT2D eigenvalue weighted by atomic mass is 15.1. The lowest BCUT2D eigenvalue weighted by Crippen LogP contribution is -2.31. The maximum Gasteiger partial charge on any atom is 0.132 e. The van der Waals surface area contributed by atoms with Crippen molar-refractivity contribution in [2.24, 2.45) is 0 Å². The molecule has 0 bridgehead atoms. The quantitative estimate of drug-likeness (QED) is 0.748. The normalized spacial score (nSPS) is 11.4. The summed E-state index contributed by atoms with van der Waals surface area (Å²) in [4.78, 5) is 9.07. The molecule has 0 fully saturated rings. The number of hydrogen-bond donors (Lipinski definition) is 2. The van der Waals surface area contributed by atoms with Crippen molar-refractivity contribution in [3.63, 3.8) is 0 Å². The molecule has 0 aliphatic heterocycles. The number of rotatable bonds is 8. The third-order valence-electron chi connectivity index (χ3n) is 2.99. The maximum absolute atomic E-state index is 4.57. The molecular weight excluding hydrogens is 236 g/mol. The van der Waals surface area contributed by atoms with Crippen molar-refractivity contribution in [2.45, 2.75) is 65.8 Å². The van der Waals surface area contributed by atoms with Crippen LogP contribution in [0.4, 0.5) is 11.6 Å².